The third-order valence-electron chi connectivity index (χ3n) is 3.55. The van der Waals surface area contributed by atoms with Crippen LogP contribution in [0.4, 0.5) is 0 Å². The zero-order chi connectivity index (χ0) is 17.8. The molecule has 0 atom stereocenters. The van der Waals surface area contributed by atoms with Gasteiger partial charge in [-0.25, -0.2) is 9.67 Å². The molecule has 0 saturated carbocycles. The van der Waals surface area contributed by atoms with Crippen molar-refractivity contribution in [3.05, 3.63) is 53.6 Å². The van der Waals surface area contributed by atoms with Crippen LogP contribution in [0.3, 0.4) is 0 Å². The molecule has 3 rings (SSSR count). The quantitative estimate of drug-likeness (QED) is 0.675. The molecule has 0 saturated heterocycles. The number of ether oxygens (including phenoxy) is 2. The summed E-state index contributed by atoms with van der Waals surface area (Å²) < 4.78 is 13.5. The lowest BCUT2D eigenvalue weighted by atomic mass is 10.3. The van der Waals surface area contributed by atoms with E-state index in [9.17, 15) is 0 Å². The van der Waals surface area contributed by atoms with Crippen LogP contribution in [-0.4, -0.2) is 26.4 Å². The van der Waals surface area contributed by atoms with Gasteiger partial charge in [0.1, 0.15) is 5.82 Å². The summed E-state index contributed by atoms with van der Waals surface area (Å²) in [4.78, 5) is 8.85. The molecule has 0 fully saturated rings. The fourth-order valence-electron chi connectivity index (χ4n) is 2.53. The van der Waals surface area contributed by atoms with Crippen LogP contribution in [0.2, 0.25) is 0 Å². The highest BCUT2D eigenvalue weighted by molar-refractivity contribution is 5.42. The fourth-order valence-corrected chi connectivity index (χ4v) is 2.53. The van der Waals surface area contributed by atoms with Crippen molar-refractivity contribution in [2.75, 3.05) is 6.61 Å². The standard InChI is InChI=1S/C19H22N4O2/c1-5-10-24-16-8-6-7-9-17(16)25-19-12-18(20-15(4)21-19)23-14(3)11-13(2)22-23/h6-9,11-12H,5,10H2,1-4H3. The highest BCUT2D eigenvalue weighted by Gasteiger charge is 2.11. The zero-order valence-electron chi connectivity index (χ0n) is 15.0. The molecule has 0 aliphatic rings. The Bertz CT molecular complexity index is 874. The number of benzene rings is 1. The van der Waals surface area contributed by atoms with Crippen LogP contribution in [0.15, 0.2) is 36.4 Å². The van der Waals surface area contributed by atoms with Crippen molar-refractivity contribution in [3.63, 3.8) is 0 Å². The van der Waals surface area contributed by atoms with Crippen molar-refractivity contribution < 1.29 is 9.47 Å². The second-order valence-corrected chi connectivity index (χ2v) is 5.85. The zero-order valence-corrected chi connectivity index (χ0v) is 15.0. The van der Waals surface area contributed by atoms with Gasteiger partial charge in [-0.15, -0.1) is 0 Å². The first-order chi connectivity index (χ1) is 12.1. The molecule has 0 spiro atoms. The number of rotatable bonds is 6. The summed E-state index contributed by atoms with van der Waals surface area (Å²) in [6.45, 7) is 8.49. The number of hydrogen-bond donors (Lipinski definition) is 0. The van der Waals surface area contributed by atoms with Crippen LogP contribution in [-0.2, 0) is 0 Å². The fraction of sp³-hybridized carbons (Fsp3) is 0.316. The average molecular weight is 338 g/mol. The molecule has 6 nitrogen and oxygen atoms in total. The summed E-state index contributed by atoms with van der Waals surface area (Å²) in [7, 11) is 0. The molecule has 3 aromatic rings. The molecule has 1 aromatic carbocycles. The minimum absolute atomic E-state index is 0.461. The Kier molecular flexibility index (Phi) is 4.97. The van der Waals surface area contributed by atoms with Crippen molar-refractivity contribution >= 4 is 0 Å². The minimum atomic E-state index is 0.461. The maximum absolute atomic E-state index is 5.98. The Morgan fingerprint density at radius 1 is 1.00 bits per heavy atom. The maximum Gasteiger partial charge on any atom is 0.224 e. The summed E-state index contributed by atoms with van der Waals surface area (Å²) in [5.41, 5.74) is 1.95. The Labute approximate surface area is 147 Å². The number of nitrogens with zero attached hydrogens (tertiary/aromatic N) is 4. The van der Waals surface area contributed by atoms with Gasteiger partial charge in [-0.1, -0.05) is 19.1 Å². The molecular formula is C19H22N4O2. The number of aromatic nitrogens is 4. The number of para-hydroxylation sites is 2. The van der Waals surface area contributed by atoms with E-state index < -0.39 is 0 Å². The highest BCUT2D eigenvalue weighted by atomic mass is 16.5. The van der Waals surface area contributed by atoms with Gasteiger partial charge in [0.05, 0.1) is 12.3 Å². The molecule has 0 unspecified atom stereocenters. The van der Waals surface area contributed by atoms with E-state index in [2.05, 4.69) is 22.0 Å². The molecule has 0 aliphatic carbocycles. The van der Waals surface area contributed by atoms with Crippen molar-refractivity contribution in [1.82, 2.24) is 19.7 Å². The van der Waals surface area contributed by atoms with Crippen LogP contribution in [0.5, 0.6) is 17.4 Å². The predicted octanol–water partition coefficient (Wildman–Crippen LogP) is 4.17. The van der Waals surface area contributed by atoms with Gasteiger partial charge in [-0.3, -0.25) is 0 Å². The molecular weight excluding hydrogens is 316 g/mol. The van der Waals surface area contributed by atoms with E-state index in [-0.39, 0.29) is 0 Å². The smallest absolute Gasteiger partial charge is 0.224 e. The predicted molar refractivity (Wildman–Crippen MR) is 95.7 cm³/mol. The van der Waals surface area contributed by atoms with Crippen LogP contribution in [0.1, 0.15) is 30.6 Å². The summed E-state index contributed by atoms with van der Waals surface area (Å²) in [6, 6.07) is 11.4. The average Bonchev–Trinajstić information content (AvgIpc) is 2.92. The second kappa shape index (κ2) is 7.34. The Morgan fingerprint density at radius 3 is 2.44 bits per heavy atom. The third-order valence-corrected chi connectivity index (χ3v) is 3.55. The van der Waals surface area contributed by atoms with E-state index in [1.807, 2.05) is 51.1 Å². The van der Waals surface area contributed by atoms with Gasteiger partial charge >= 0.3 is 0 Å². The summed E-state index contributed by atoms with van der Waals surface area (Å²) >= 11 is 0. The SMILES string of the molecule is CCCOc1ccccc1Oc1cc(-n2nc(C)cc2C)nc(C)n1. The maximum atomic E-state index is 5.98. The molecule has 0 aliphatic heterocycles. The first kappa shape index (κ1) is 17.0. The number of hydrogen-bond acceptors (Lipinski definition) is 5. The van der Waals surface area contributed by atoms with E-state index in [0.717, 1.165) is 17.8 Å². The van der Waals surface area contributed by atoms with Gasteiger partial charge in [0.2, 0.25) is 5.88 Å². The van der Waals surface area contributed by atoms with E-state index in [0.29, 0.717) is 35.6 Å². The van der Waals surface area contributed by atoms with E-state index in [1.165, 1.54) is 0 Å². The highest BCUT2D eigenvalue weighted by Crippen LogP contribution is 2.31. The van der Waals surface area contributed by atoms with Crippen LogP contribution in [0.25, 0.3) is 5.82 Å². The molecule has 0 N–H and O–H groups in total. The van der Waals surface area contributed by atoms with Crippen LogP contribution < -0.4 is 9.47 Å². The molecule has 2 heterocycles. The van der Waals surface area contributed by atoms with Gasteiger partial charge in [0.15, 0.2) is 17.3 Å². The van der Waals surface area contributed by atoms with Gasteiger partial charge in [0, 0.05) is 11.8 Å². The Balaban J connectivity index is 1.93. The van der Waals surface area contributed by atoms with E-state index in [1.54, 1.807) is 10.7 Å². The molecule has 6 heteroatoms. The lowest BCUT2D eigenvalue weighted by molar-refractivity contribution is 0.300. The summed E-state index contributed by atoms with van der Waals surface area (Å²) in [6.07, 6.45) is 0.934. The van der Waals surface area contributed by atoms with Gasteiger partial charge in [0.25, 0.3) is 0 Å². The Morgan fingerprint density at radius 2 is 1.76 bits per heavy atom. The Hall–Kier alpha value is -2.89. The van der Waals surface area contributed by atoms with E-state index >= 15 is 0 Å². The number of aryl methyl sites for hydroxylation is 3. The van der Waals surface area contributed by atoms with Gasteiger partial charge < -0.3 is 9.47 Å². The van der Waals surface area contributed by atoms with E-state index in [4.69, 9.17) is 9.47 Å². The molecule has 0 bridgehead atoms. The summed E-state index contributed by atoms with van der Waals surface area (Å²) in [5, 5.41) is 4.47. The van der Waals surface area contributed by atoms with Crippen LogP contribution in [0, 0.1) is 20.8 Å². The van der Waals surface area contributed by atoms with Crippen molar-refractivity contribution in [1.29, 1.82) is 0 Å². The van der Waals surface area contributed by atoms with Crippen molar-refractivity contribution in [2.45, 2.75) is 34.1 Å². The van der Waals surface area contributed by atoms with Crippen molar-refractivity contribution in [2.24, 2.45) is 0 Å². The molecule has 0 radical (unpaired) electrons. The molecule has 0 amide bonds. The van der Waals surface area contributed by atoms with Crippen molar-refractivity contribution in [3.8, 4) is 23.2 Å². The molecule has 130 valence electrons. The summed E-state index contributed by atoms with van der Waals surface area (Å²) in [5.74, 6) is 3.09. The second-order valence-electron chi connectivity index (χ2n) is 5.85. The molecule has 2 aromatic heterocycles. The third kappa shape index (κ3) is 3.96. The monoisotopic (exact) mass is 338 g/mol. The normalized spacial score (nSPS) is 10.7. The minimum Gasteiger partial charge on any atom is -0.490 e. The lowest BCUT2D eigenvalue weighted by Crippen LogP contribution is -2.05. The first-order valence-corrected chi connectivity index (χ1v) is 8.36. The molecule has 25 heavy (non-hydrogen) atoms. The topological polar surface area (TPSA) is 62.1 Å². The first-order valence-electron chi connectivity index (χ1n) is 8.36. The largest absolute Gasteiger partial charge is 0.490 e. The van der Waals surface area contributed by atoms with Gasteiger partial charge in [-0.2, -0.15) is 10.1 Å². The lowest BCUT2D eigenvalue weighted by Gasteiger charge is -2.12. The van der Waals surface area contributed by atoms with Crippen LogP contribution >= 0.6 is 0 Å². The van der Waals surface area contributed by atoms with Gasteiger partial charge in [-0.05, 0) is 45.4 Å².